The number of rotatable bonds is 0. The van der Waals surface area contributed by atoms with Crippen molar-refractivity contribution in [1.29, 1.82) is 0 Å². The van der Waals surface area contributed by atoms with Crippen molar-refractivity contribution in [2.75, 3.05) is 6.61 Å². The molecule has 1 heterocycles. The molecule has 1 aromatic rings. The maximum absolute atomic E-state index is 5.98. The highest BCUT2D eigenvalue weighted by molar-refractivity contribution is 9.10. The van der Waals surface area contributed by atoms with Gasteiger partial charge in [0.1, 0.15) is 5.75 Å². The lowest BCUT2D eigenvalue weighted by molar-refractivity contribution is 0.267. The first-order chi connectivity index (χ1) is 6.18. The van der Waals surface area contributed by atoms with Gasteiger partial charge in [-0.15, -0.1) is 0 Å². The molecule has 1 aliphatic rings. The molecule has 0 fully saturated rings. The molecule has 0 aliphatic carbocycles. The second kappa shape index (κ2) is 3.31. The molecular formula is C10H12BrNO. The SMILES string of the molecule is Cc1cc(Br)c2c(c1)[C@H](N)CCO2. The molecule has 1 aromatic carbocycles. The van der Waals surface area contributed by atoms with E-state index in [2.05, 4.69) is 35.0 Å². The van der Waals surface area contributed by atoms with E-state index in [1.165, 1.54) is 5.56 Å². The van der Waals surface area contributed by atoms with Gasteiger partial charge < -0.3 is 10.5 Å². The molecule has 0 saturated heterocycles. The van der Waals surface area contributed by atoms with Crippen LogP contribution in [0.1, 0.15) is 23.6 Å². The zero-order valence-corrected chi connectivity index (χ0v) is 9.10. The first kappa shape index (κ1) is 9.03. The normalized spacial score (nSPS) is 20.7. The molecule has 2 rings (SSSR count). The third-order valence-electron chi connectivity index (χ3n) is 2.29. The fourth-order valence-corrected chi connectivity index (χ4v) is 2.33. The fraction of sp³-hybridized carbons (Fsp3) is 0.400. The number of aryl methyl sites for hydroxylation is 1. The van der Waals surface area contributed by atoms with Crippen LogP contribution in [0.2, 0.25) is 0 Å². The lowest BCUT2D eigenvalue weighted by atomic mass is 10.00. The van der Waals surface area contributed by atoms with Crippen molar-refractivity contribution in [2.45, 2.75) is 19.4 Å². The van der Waals surface area contributed by atoms with Gasteiger partial charge in [0.2, 0.25) is 0 Å². The summed E-state index contributed by atoms with van der Waals surface area (Å²) < 4.78 is 6.56. The lowest BCUT2D eigenvalue weighted by Crippen LogP contribution is -2.20. The van der Waals surface area contributed by atoms with Crippen molar-refractivity contribution >= 4 is 15.9 Å². The van der Waals surface area contributed by atoms with Gasteiger partial charge in [0.25, 0.3) is 0 Å². The number of ether oxygens (including phenoxy) is 1. The summed E-state index contributed by atoms with van der Waals surface area (Å²) in [6.45, 7) is 2.78. The van der Waals surface area contributed by atoms with Crippen LogP contribution in [0, 0.1) is 6.92 Å². The van der Waals surface area contributed by atoms with Gasteiger partial charge in [-0.3, -0.25) is 0 Å². The van der Waals surface area contributed by atoms with Gasteiger partial charge in [-0.2, -0.15) is 0 Å². The van der Waals surface area contributed by atoms with E-state index in [0.717, 1.165) is 28.8 Å². The van der Waals surface area contributed by atoms with E-state index >= 15 is 0 Å². The molecule has 0 bridgehead atoms. The van der Waals surface area contributed by atoms with Crippen LogP contribution in [-0.2, 0) is 0 Å². The third-order valence-corrected chi connectivity index (χ3v) is 2.88. The largest absolute Gasteiger partial charge is 0.492 e. The van der Waals surface area contributed by atoms with E-state index in [-0.39, 0.29) is 6.04 Å². The van der Waals surface area contributed by atoms with Crippen LogP contribution in [0.25, 0.3) is 0 Å². The Balaban J connectivity index is 2.56. The van der Waals surface area contributed by atoms with Crippen LogP contribution in [0.15, 0.2) is 16.6 Å². The van der Waals surface area contributed by atoms with Crippen molar-refractivity contribution in [3.05, 3.63) is 27.7 Å². The molecule has 2 N–H and O–H groups in total. The second-order valence-electron chi connectivity index (χ2n) is 3.41. The Morgan fingerprint density at radius 2 is 2.31 bits per heavy atom. The van der Waals surface area contributed by atoms with Gasteiger partial charge in [0.05, 0.1) is 11.1 Å². The minimum Gasteiger partial charge on any atom is -0.492 e. The molecule has 70 valence electrons. The molecule has 0 spiro atoms. The molecule has 0 unspecified atom stereocenters. The monoisotopic (exact) mass is 241 g/mol. The topological polar surface area (TPSA) is 35.2 Å². The van der Waals surface area contributed by atoms with Crippen LogP contribution in [0.3, 0.4) is 0 Å². The van der Waals surface area contributed by atoms with Crippen LogP contribution < -0.4 is 10.5 Å². The number of benzene rings is 1. The summed E-state index contributed by atoms with van der Waals surface area (Å²) in [6.07, 6.45) is 0.906. The molecule has 3 heteroatoms. The minimum atomic E-state index is 0.125. The summed E-state index contributed by atoms with van der Waals surface area (Å²) >= 11 is 3.48. The second-order valence-corrected chi connectivity index (χ2v) is 4.26. The molecular weight excluding hydrogens is 230 g/mol. The van der Waals surface area contributed by atoms with Gasteiger partial charge in [0.15, 0.2) is 0 Å². The predicted octanol–water partition coefficient (Wildman–Crippen LogP) is 2.54. The van der Waals surface area contributed by atoms with E-state index in [1.54, 1.807) is 0 Å². The predicted molar refractivity (Wildman–Crippen MR) is 55.9 cm³/mol. The minimum absolute atomic E-state index is 0.125. The van der Waals surface area contributed by atoms with Gasteiger partial charge >= 0.3 is 0 Å². The van der Waals surface area contributed by atoms with E-state index in [0.29, 0.717) is 0 Å². The molecule has 1 aliphatic heterocycles. The first-order valence-corrected chi connectivity index (χ1v) is 5.16. The Kier molecular flexibility index (Phi) is 2.30. The van der Waals surface area contributed by atoms with Crippen molar-refractivity contribution in [3.63, 3.8) is 0 Å². The van der Waals surface area contributed by atoms with Crippen molar-refractivity contribution < 1.29 is 4.74 Å². The zero-order valence-electron chi connectivity index (χ0n) is 7.51. The Morgan fingerprint density at radius 3 is 3.08 bits per heavy atom. The smallest absolute Gasteiger partial charge is 0.138 e. The number of nitrogens with two attached hydrogens (primary N) is 1. The zero-order chi connectivity index (χ0) is 9.42. The average Bonchev–Trinajstić information content (AvgIpc) is 2.07. The standard InChI is InChI=1S/C10H12BrNO/c1-6-4-7-9(12)2-3-13-10(7)8(11)5-6/h4-5,9H,2-3,12H2,1H3/t9-/m1/s1. The van der Waals surface area contributed by atoms with E-state index in [9.17, 15) is 0 Å². The summed E-state index contributed by atoms with van der Waals surface area (Å²) in [5.74, 6) is 0.921. The highest BCUT2D eigenvalue weighted by Crippen LogP contribution is 2.37. The molecule has 0 aromatic heterocycles. The van der Waals surface area contributed by atoms with Crippen molar-refractivity contribution in [3.8, 4) is 5.75 Å². The molecule has 13 heavy (non-hydrogen) atoms. The van der Waals surface area contributed by atoms with Crippen molar-refractivity contribution in [2.24, 2.45) is 5.73 Å². The summed E-state index contributed by atoms with van der Waals surface area (Å²) in [6, 6.07) is 4.28. The van der Waals surface area contributed by atoms with Crippen LogP contribution in [-0.4, -0.2) is 6.61 Å². The Hall–Kier alpha value is -0.540. The Labute approximate surface area is 86.2 Å². The summed E-state index contributed by atoms with van der Waals surface area (Å²) in [5.41, 5.74) is 8.32. The summed E-state index contributed by atoms with van der Waals surface area (Å²) in [5, 5.41) is 0. The summed E-state index contributed by atoms with van der Waals surface area (Å²) in [7, 11) is 0. The summed E-state index contributed by atoms with van der Waals surface area (Å²) in [4.78, 5) is 0. The highest BCUT2D eigenvalue weighted by atomic mass is 79.9. The first-order valence-electron chi connectivity index (χ1n) is 4.37. The van der Waals surface area contributed by atoms with Crippen molar-refractivity contribution in [1.82, 2.24) is 0 Å². The molecule has 0 amide bonds. The van der Waals surface area contributed by atoms with Crippen LogP contribution >= 0.6 is 15.9 Å². The Bertz CT molecular complexity index is 338. The molecule has 1 atom stereocenters. The van der Waals surface area contributed by atoms with Gasteiger partial charge in [0, 0.05) is 18.0 Å². The maximum Gasteiger partial charge on any atom is 0.138 e. The number of hydrogen-bond donors (Lipinski definition) is 1. The lowest BCUT2D eigenvalue weighted by Gasteiger charge is -2.24. The van der Waals surface area contributed by atoms with Gasteiger partial charge in [-0.05, 0) is 34.5 Å². The van der Waals surface area contributed by atoms with E-state index in [4.69, 9.17) is 10.5 Å². The number of hydrogen-bond acceptors (Lipinski definition) is 2. The quantitative estimate of drug-likeness (QED) is 0.758. The van der Waals surface area contributed by atoms with Gasteiger partial charge in [-0.25, -0.2) is 0 Å². The molecule has 0 radical (unpaired) electrons. The Morgan fingerprint density at radius 1 is 1.54 bits per heavy atom. The molecule has 0 saturated carbocycles. The average molecular weight is 242 g/mol. The fourth-order valence-electron chi connectivity index (χ4n) is 1.63. The van der Waals surface area contributed by atoms with E-state index in [1.807, 2.05) is 0 Å². The number of fused-ring (bicyclic) bond motifs is 1. The van der Waals surface area contributed by atoms with E-state index < -0.39 is 0 Å². The highest BCUT2D eigenvalue weighted by Gasteiger charge is 2.20. The van der Waals surface area contributed by atoms with Crippen LogP contribution in [0.4, 0.5) is 0 Å². The molecule has 2 nitrogen and oxygen atoms in total. The maximum atomic E-state index is 5.98. The number of halogens is 1. The van der Waals surface area contributed by atoms with Gasteiger partial charge in [-0.1, -0.05) is 6.07 Å². The van der Waals surface area contributed by atoms with Crippen LogP contribution in [0.5, 0.6) is 5.75 Å². The third kappa shape index (κ3) is 1.58.